The standard InChI is InChI=1S/C9H12N6O2S/c1-6-9(8(2-10)14-13-6)18(16,17)15-7-3-11-5-12-4-7/h3-5,15H,2,10H2,1H3,(H,13,14). The van der Waals surface area contributed by atoms with Crippen molar-refractivity contribution < 1.29 is 8.42 Å². The zero-order chi connectivity index (χ0) is 13.2. The first-order valence-electron chi connectivity index (χ1n) is 5.06. The van der Waals surface area contributed by atoms with Crippen LogP contribution in [-0.2, 0) is 16.6 Å². The van der Waals surface area contributed by atoms with Crippen LogP contribution in [-0.4, -0.2) is 28.6 Å². The van der Waals surface area contributed by atoms with Crippen molar-refractivity contribution in [1.82, 2.24) is 20.2 Å². The molecular weight excluding hydrogens is 256 g/mol. The van der Waals surface area contributed by atoms with Crippen LogP contribution in [0.25, 0.3) is 0 Å². The van der Waals surface area contributed by atoms with E-state index in [0.717, 1.165) is 0 Å². The molecule has 2 aromatic heterocycles. The Balaban J connectivity index is 2.40. The van der Waals surface area contributed by atoms with Gasteiger partial charge in [0.15, 0.2) is 0 Å². The average Bonchev–Trinajstić information content (AvgIpc) is 2.72. The van der Waals surface area contributed by atoms with Crippen molar-refractivity contribution in [3.8, 4) is 0 Å². The number of rotatable bonds is 4. The van der Waals surface area contributed by atoms with Gasteiger partial charge in [-0.2, -0.15) is 5.10 Å². The lowest BCUT2D eigenvalue weighted by Gasteiger charge is -2.07. The molecule has 0 fully saturated rings. The van der Waals surface area contributed by atoms with Crippen LogP contribution in [0, 0.1) is 6.92 Å². The van der Waals surface area contributed by atoms with Gasteiger partial charge >= 0.3 is 0 Å². The number of nitrogens with one attached hydrogen (secondary N) is 2. The lowest BCUT2D eigenvalue weighted by Crippen LogP contribution is -2.16. The highest BCUT2D eigenvalue weighted by atomic mass is 32.2. The Morgan fingerprint density at radius 2 is 2.06 bits per heavy atom. The fourth-order valence-corrected chi connectivity index (χ4v) is 2.93. The van der Waals surface area contributed by atoms with Gasteiger partial charge in [-0.1, -0.05) is 0 Å². The number of nitrogens with zero attached hydrogens (tertiary/aromatic N) is 3. The van der Waals surface area contributed by atoms with Crippen LogP contribution in [0.15, 0.2) is 23.6 Å². The molecule has 0 spiro atoms. The Labute approximate surface area is 104 Å². The SMILES string of the molecule is Cc1[nH]nc(CN)c1S(=O)(=O)Nc1cncnc1. The predicted octanol–water partition coefficient (Wildman–Crippen LogP) is -0.232. The summed E-state index contributed by atoms with van der Waals surface area (Å²) in [4.78, 5) is 7.52. The molecule has 2 aromatic rings. The number of anilines is 1. The molecule has 0 saturated heterocycles. The maximum absolute atomic E-state index is 12.2. The second-order valence-electron chi connectivity index (χ2n) is 3.56. The highest BCUT2D eigenvalue weighted by Gasteiger charge is 2.23. The minimum atomic E-state index is -3.75. The number of hydrogen-bond acceptors (Lipinski definition) is 6. The van der Waals surface area contributed by atoms with Crippen LogP contribution in [0.2, 0.25) is 0 Å². The number of H-pyrrole nitrogens is 1. The first-order valence-corrected chi connectivity index (χ1v) is 6.54. The van der Waals surface area contributed by atoms with E-state index in [-0.39, 0.29) is 22.8 Å². The molecule has 0 radical (unpaired) electrons. The van der Waals surface area contributed by atoms with Crippen LogP contribution in [0.1, 0.15) is 11.4 Å². The van der Waals surface area contributed by atoms with E-state index in [1.54, 1.807) is 6.92 Å². The zero-order valence-electron chi connectivity index (χ0n) is 9.58. The molecule has 2 rings (SSSR count). The molecule has 0 bridgehead atoms. The lowest BCUT2D eigenvalue weighted by atomic mass is 10.4. The minimum absolute atomic E-state index is 0.0336. The molecule has 0 aliphatic heterocycles. The third-order valence-electron chi connectivity index (χ3n) is 2.24. The molecule has 8 nitrogen and oxygen atoms in total. The van der Waals surface area contributed by atoms with Crippen molar-refractivity contribution in [2.75, 3.05) is 4.72 Å². The lowest BCUT2D eigenvalue weighted by molar-refractivity contribution is 0.599. The third-order valence-corrected chi connectivity index (χ3v) is 3.82. The van der Waals surface area contributed by atoms with E-state index < -0.39 is 10.0 Å². The number of aryl methyl sites for hydroxylation is 1. The van der Waals surface area contributed by atoms with Gasteiger partial charge in [0, 0.05) is 6.54 Å². The summed E-state index contributed by atoms with van der Waals surface area (Å²) in [5.74, 6) is 0. The Morgan fingerprint density at radius 3 is 2.67 bits per heavy atom. The van der Waals surface area contributed by atoms with Gasteiger partial charge in [-0.05, 0) is 6.92 Å². The molecule has 4 N–H and O–H groups in total. The molecule has 0 aliphatic rings. The maximum atomic E-state index is 12.2. The topological polar surface area (TPSA) is 127 Å². The van der Waals surface area contributed by atoms with Gasteiger partial charge < -0.3 is 5.73 Å². The molecule has 18 heavy (non-hydrogen) atoms. The highest BCUT2D eigenvalue weighted by molar-refractivity contribution is 7.92. The van der Waals surface area contributed by atoms with Crippen LogP contribution >= 0.6 is 0 Å². The molecule has 2 heterocycles. The zero-order valence-corrected chi connectivity index (χ0v) is 10.4. The number of sulfonamides is 1. The Bertz CT molecular complexity index is 636. The van der Waals surface area contributed by atoms with Gasteiger partial charge in [-0.25, -0.2) is 18.4 Å². The summed E-state index contributed by atoms with van der Waals surface area (Å²) < 4.78 is 26.7. The molecule has 0 atom stereocenters. The number of aromatic amines is 1. The fourth-order valence-electron chi connectivity index (χ4n) is 1.52. The van der Waals surface area contributed by atoms with Crippen LogP contribution in [0.4, 0.5) is 5.69 Å². The van der Waals surface area contributed by atoms with E-state index in [1.807, 2.05) is 0 Å². The monoisotopic (exact) mass is 268 g/mol. The summed E-state index contributed by atoms with van der Waals surface area (Å²) in [5, 5.41) is 6.44. The van der Waals surface area contributed by atoms with E-state index in [0.29, 0.717) is 5.69 Å². The van der Waals surface area contributed by atoms with Gasteiger partial charge in [0.05, 0.1) is 29.5 Å². The maximum Gasteiger partial charge on any atom is 0.265 e. The Hall–Kier alpha value is -2.00. The quantitative estimate of drug-likeness (QED) is 0.702. The van der Waals surface area contributed by atoms with E-state index in [4.69, 9.17) is 5.73 Å². The van der Waals surface area contributed by atoms with Crippen molar-refractivity contribution >= 4 is 15.7 Å². The molecule has 0 aliphatic carbocycles. The second-order valence-corrected chi connectivity index (χ2v) is 5.18. The fraction of sp³-hybridized carbons (Fsp3) is 0.222. The summed E-state index contributed by atoms with van der Waals surface area (Å²) in [7, 11) is -3.75. The summed E-state index contributed by atoms with van der Waals surface area (Å²) in [6.07, 6.45) is 4.04. The minimum Gasteiger partial charge on any atom is -0.325 e. The number of nitrogens with two attached hydrogens (primary N) is 1. The summed E-state index contributed by atoms with van der Waals surface area (Å²) in [6, 6.07) is 0. The van der Waals surface area contributed by atoms with Crippen molar-refractivity contribution in [1.29, 1.82) is 0 Å². The molecular formula is C9H12N6O2S. The first-order chi connectivity index (χ1) is 8.54. The van der Waals surface area contributed by atoms with Crippen LogP contribution in [0.5, 0.6) is 0 Å². The molecule has 0 amide bonds. The Kier molecular flexibility index (Phi) is 3.26. The van der Waals surface area contributed by atoms with Gasteiger partial charge in [-0.15, -0.1) is 0 Å². The van der Waals surface area contributed by atoms with Crippen LogP contribution < -0.4 is 10.5 Å². The molecule has 9 heteroatoms. The van der Waals surface area contributed by atoms with Crippen molar-refractivity contribution in [2.45, 2.75) is 18.4 Å². The van der Waals surface area contributed by atoms with E-state index in [1.165, 1.54) is 18.7 Å². The van der Waals surface area contributed by atoms with E-state index >= 15 is 0 Å². The smallest absolute Gasteiger partial charge is 0.265 e. The normalized spacial score (nSPS) is 11.4. The van der Waals surface area contributed by atoms with Crippen molar-refractivity contribution in [3.05, 3.63) is 30.1 Å². The summed E-state index contributed by atoms with van der Waals surface area (Å²) in [6.45, 7) is 1.65. The van der Waals surface area contributed by atoms with Crippen molar-refractivity contribution in [3.63, 3.8) is 0 Å². The third kappa shape index (κ3) is 2.31. The van der Waals surface area contributed by atoms with Crippen LogP contribution in [0.3, 0.4) is 0 Å². The number of hydrogen-bond donors (Lipinski definition) is 3. The second kappa shape index (κ2) is 4.70. The molecule has 0 aromatic carbocycles. The molecule has 0 unspecified atom stereocenters. The van der Waals surface area contributed by atoms with Crippen molar-refractivity contribution in [2.24, 2.45) is 5.73 Å². The largest absolute Gasteiger partial charge is 0.325 e. The molecule has 0 saturated carbocycles. The average molecular weight is 268 g/mol. The van der Waals surface area contributed by atoms with Gasteiger partial charge in [0.1, 0.15) is 11.2 Å². The highest BCUT2D eigenvalue weighted by Crippen LogP contribution is 2.20. The van der Waals surface area contributed by atoms with Gasteiger partial charge in [-0.3, -0.25) is 9.82 Å². The number of aromatic nitrogens is 4. The van der Waals surface area contributed by atoms with Gasteiger partial charge in [0.25, 0.3) is 10.0 Å². The van der Waals surface area contributed by atoms with E-state index in [9.17, 15) is 8.42 Å². The summed E-state index contributed by atoms with van der Waals surface area (Å²) in [5.41, 5.74) is 6.45. The first kappa shape index (κ1) is 12.5. The van der Waals surface area contributed by atoms with E-state index in [2.05, 4.69) is 24.9 Å². The van der Waals surface area contributed by atoms with Gasteiger partial charge in [0.2, 0.25) is 0 Å². The summed E-state index contributed by atoms with van der Waals surface area (Å²) >= 11 is 0. The predicted molar refractivity (Wildman–Crippen MR) is 64.1 cm³/mol. The molecule has 96 valence electrons. The Morgan fingerprint density at radius 1 is 1.39 bits per heavy atom.